The molecule has 1 aromatic carbocycles. The zero-order chi connectivity index (χ0) is 12.3. The maximum absolute atomic E-state index is 11.0. The molecule has 0 radical (unpaired) electrons. The van der Waals surface area contributed by atoms with Crippen molar-refractivity contribution in [1.29, 1.82) is 0 Å². The van der Waals surface area contributed by atoms with E-state index in [9.17, 15) is 4.79 Å². The van der Waals surface area contributed by atoms with Crippen LogP contribution in [0.25, 0.3) is 6.08 Å². The Morgan fingerprint density at radius 1 is 1.41 bits per heavy atom. The lowest BCUT2D eigenvalue weighted by molar-refractivity contribution is -0.141. The summed E-state index contributed by atoms with van der Waals surface area (Å²) >= 11 is 0. The fraction of sp³-hybridized carbons (Fsp3) is 0.357. The Balaban J connectivity index is 2.05. The van der Waals surface area contributed by atoms with E-state index in [1.54, 1.807) is 0 Å². The molecule has 0 aromatic heterocycles. The van der Waals surface area contributed by atoms with E-state index in [0.29, 0.717) is 6.42 Å². The highest BCUT2D eigenvalue weighted by atomic mass is 16.4. The zero-order valence-corrected chi connectivity index (χ0v) is 9.89. The van der Waals surface area contributed by atoms with Crippen LogP contribution in [0.4, 0.5) is 0 Å². The standard InChI is InChI=1S/C14H17NO2/c1-10-2-4-11(5-3-10)6-7-13-12(14(16)17)8-9-15-13/h2-7,12-13,15H,8-9H2,1H3,(H,16,17)/b7-6+. The van der Waals surface area contributed by atoms with Crippen LogP contribution in [0.5, 0.6) is 0 Å². The summed E-state index contributed by atoms with van der Waals surface area (Å²) < 4.78 is 0. The first-order valence-corrected chi connectivity index (χ1v) is 5.88. The van der Waals surface area contributed by atoms with E-state index in [4.69, 9.17) is 5.11 Å². The Hall–Kier alpha value is -1.61. The molecule has 1 fully saturated rings. The summed E-state index contributed by atoms with van der Waals surface area (Å²) in [6.45, 7) is 2.83. The van der Waals surface area contributed by atoms with Crippen LogP contribution in [0.3, 0.4) is 0 Å². The molecule has 3 nitrogen and oxygen atoms in total. The monoisotopic (exact) mass is 231 g/mol. The first-order valence-electron chi connectivity index (χ1n) is 5.88. The van der Waals surface area contributed by atoms with Crippen LogP contribution in [-0.2, 0) is 4.79 Å². The number of rotatable bonds is 3. The van der Waals surface area contributed by atoms with Crippen LogP contribution < -0.4 is 5.32 Å². The van der Waals surface area contributed by atoms with Gasteiger partial charge < -0.3 is 10.4 Å². The van der Waals surface area contributed by atoms with Crippen LogP contribution in [0.2, 0.25) is 0 Å². The van der Waals surface area contributed by atoms with Crippen LogP contribution >= 0.6 is 0 Å². The van der Waals surface area contributed by atoms with Gasteiger partial charge in [-0.25, -0.2) is 0 Å². The maximum Gasteiger partial charge on any atom is 0.308 e. The Kier molecular flexibility index (Phi) is 3.59. The molecule has 0 saturated carbocycles. The van der Waals surface area contributed by atoms with Gasteiger partial charge in [0.15, 0.2) is 0 Å². The summed E-state index contributed by atoms with van der Waals surface area (Å²) in [5, 5.41) is 12.2. The molecule has 90 valence electrons. The van der Waals surface area contributed by atoms with Crippen LogP contribution in [0.1, 0.15) is 17.5 Å². The molecule has 17 heavy (non-hydrogen) atoms. The molecule has 0 aliphatic carbocycles. The van der Waals surface area contributed by atoms with Gasteiger partial charge in [-0.15, -0.1) is 0 Å². The molecular weight excluding hydrogens is 214 g/mol. The van der Waals surface area contributed by atoms with E-state index in [2.05, 4.69) is 17.4 Å². The molecule has 1 aliphatic rings. The second-order valence-corrected chi connectivity index (χ2v) is 4.48. The van der Waals surface area contributed by atoms with Crippen LogP contribution in [-0.4, -0.2) is 23.7 Å². The number of carboxylic acids is 1. The fourth-order valence-electron chi connectivity index (χ4n) is 2.10. The summed E-state index contributed by atoms with van der Waals surface area (Å²) in [4.78, 5) is 11.0. The molecule has 1 saturated heterocycles. The van der Waals surface area contributed by atoms with Crippen molar-refractivity contribution in [1.82, 2.24) is 5.32 Å². The van der Waals surface area contributed by atoms with Gasteiger partial charge >= 0.3 is 5.97 Å². The molecule has 1 aromatic rings. The minimum atomic E-state index is -0.714. The maximum atomic E-state index is 11.0. The van der Waals surface area contributed by atoms with Crippen molar-refractivity contribution in [2.45, 2.75) is 19.4 Å². The lowest BCUT2D eigenvalue weighted by atomic mass is 10.00. The highest BCUT2D eigenvalue weighted by Crippen LogP contribution is 2.18. The Bertz CT molecular complexity index is 422. The topological polar surface area (TPSA) is 49.3 Å². The predicted octanol–water partition coefficient (Wildman–Crippen LogP) is 2.07. The van der Waals surface area contributed by atoms with Crippen LogP contribution in [0.15, 0.2) is 30.3 Å². The van der Waals surface area contributed by atoms with Crippen molar-refractivity contribution in [3.63, 3.8) is 0 Å². The van der Waals surface area contributed by atoms with Gasteiger partial charge in [0, 0.05) is 6.04 Å². The SMILES string of the molecule is Cc1ccc(/C=C/C2NCCC2C(=O)O)cc1. The normalized spacial score (nSPS) is 24.3. The second-order valence-electron chi connectivity index (χ2n) is 4.48. The van der Waals surface area contributed by atoms with Gasteiger partial charge in [-0.1, -0.05) is 42.0 Å². The quantitative estimate of drug-likeness (QED) is 0.837. The average Bonchev–Trinajstić information content (AvgIpc) is 2.76. The smallest absolute Gasteiger partial charge is 0.308 e. The van der Waals surface area contributed by atoms with Gasteiger partial charge in [-0.3, -0.25) is 4.79 Å². The third kappa shape index (κ3) is 2.94. The number of nitrogens with one attached hydrogen (secondary N) is 1. The lowest BCUT2D eigenvalue weighted by Gasteiger charge is -2.10. The average molecular weight is 231 g/mol. The van der Waals surface area contributed by atoms with Crippen molar-refractivity contribution in [3.8, 4) is 0 Å². The molecule has 1 aliphatic heterocycles. The second kappa shape index (κ2) is 5.15. The molecule has 2 N–H and O–H groups in total. The van der Waals surface area contributed by atoms with E-state index in [1.165, 1.54) is 5.56 Å². The molecule has 2 rings (SSSR count). The molecule has 1 heterocycles. The lowest BCUT2D eigenvalue weighted by Crippen LogP contribution is -2.29. The van der Waals surface area contributed by atoms with Gasteiger partial charge in [-0.2, -0.15) is 0 Å². The number of benzene rings is 1. The van der Waals surface area contributed by atoms with Crippen molar-refractivity contribution in [2.75, 3.05) is 6.54 Å². The van der Waals surface area contributed by atoms with Gasteiger partial charge in [-0.05, 0) is 25.5 Å². The van der Waals surface area contributed by atoms with Crippen molar-refractivity contribution in [3.05, 3.63) is 41.5 Å². The first-order chi connectivity index (χ1) is 8.16. The third-order valence-corrected chi connectivity index (χ3v) is 3.16. The molecule has 0 amide bonds. The number of aliphatic carboxylic acids is 1. The van der Waals surface area contributed by atoms with Gasteiger partial charge in [0.05, 0.1) is 5.92 Å². The van der Waals surface area contributed by atoms with E-state index in [1.807, 2.05) is 31.2 Å². The number of hydrogen-bond donors (Lipinski definition) is 2. The van der Waals surface area contributed by atoms with Crippen molar-refractivity contribution in [2.24, 2.45) is 5.92 Å². The summed E-state index contributed by atoms with van der Waals surface area (Å²) in [7, 11) is 0. The minimum Gasteiger partial charge on any atom is -0.481 e. The fourth-order valence-corrected chi connectivity index (χ4v) is 2.10. The summed E-state index contributed by atoms with van der Waals surface area (Å²) in [6, 6.07) is 8.13. The Labute approximate surface area is 101 Å². The van der Waals surface area contributed by atoms with Crippen molar-refractivity contribution >= 4 is 12.0 Å². The highest BCUT2D eigenvalue weighted by Gasteiger charge is 2.30. The molecule has 0 bridgehead atoms. The molecular formula is C14H17NO2. The largest absolute Gasteiger partial charge is 0.481 e. The van der Waals surface area contributed by atoms with Gasteiger partial charge in [0.25, 0.3) is 0 Å². The molecule has 2 unspecified atom stereocenters. The zero-order valence-electron chi connectivity index (χ0n) is 9.89. The minimum absolute atomic E-state index is 0.0474. The van der Waals surface area contributed by atoms with E-state index >= 15 is 0 Å². The number of aryl methyl sites for hydroxylation is 1. The van der Waals surface area contributed by atoms with E-state index < -0.39 is 5.97 Å². The molecule has 2 atom stereocenters. The summed E-state index contributed by atoms with van der Waals surface area (Å²) in [5.74, 6) is -1.01. The van der Waals surface area contributed by atoms with Gasteiger partial charge in [0.2, 0.25) is 0 Å². The summed E-state index contributed by atoms with van der Waals surface area (Å²) in [5.41, 5.74) is 2.33. The van der Waals surface area contributed by atoms with Crippen molar-refractivity contribution < 1.29 is 9.90 Å². The predicted molar refractivity (Wildman–Crippen MR) is 67.7 cm³/mol. The number of carbonyl (C=O) groups is 1. The highest BCUT2D eigenvalue weighted by molar-refractivity contribution is 5.72. The summed E-state index contributed by atoms with van der Waals surface area (Å²) in [6.07, 6.45) is 4.65. The van der Waals surface area contributed by atoms with Crippen LogP contribution in [0, 0.1) is 12.8 Å². The molecule has 3 heteroatoms. The van der Waals surface area contributed by atoms with E-state index in [-0.39, 0.29) is 12.0 Å². The third-order valence-electron chi connectivity index (χ3n) is 3.16. The first kappa shape index (κ1) is 11.9. The Morgan fingerprint density at radius 2 is 2.12 bits per heavy atom. The van der Waals surface area contributed by atoms with E-state index in [0.717, 1.165) is 12.1 Å². The van der Waals surface area contributed by atoms with Gasteiger partial charge in [0.1, 0.15) is 0 Å². The Morgan fingerprint density at radius 3 is 2.76 bits per heavy atom. The number of carboxylic acid groups (broad SMARTS) is 1. The molecule has 0 spiro atoms. The number of hydrogen-bond acceptors (Lipinski definition) is 2.